The molecule has 0 radical (unpaired) electrons. The van der Waals surface area contributed by atoms with Gasteiger partial charge >= 0.3 is 0 Å². The third kappa shape index (κ3) is 3.29. The third-order valence-electron chi connectivity index (χ3n) is 2.55. The normalized spacial score (nSPS) is 11.1. The molecule has 0 atom stereocenters. The lowest BCUT2D eigenvalue weighted by atomic mass is 10.2. The number of ether oxygens (including phenoxy) is 1. The molecule has 1 aromatic heterocycles. The van der Waals surface area contributed by atoms with Crippen LogP contribution in [0.1, 0.15) is 25.2 Å². The zero-order valence-corrected chi connectivity index (χ0v) is 11.8. The first-order valence-electron chi connectivity index (χ1n) is 6.18. The van der Waals surface area contributed by atoms with E-state index in [-0.39, 0.29) is 0 Å². The van der Waals surface area contributed by atoms with Gasteiger partial charge in [-0.05, 0) is 49.0 Å². The van der Waals surface area contributed by atoms with Crippen LogP contribution in [0.4, 0.5) is 0 Å². The van der Waals surface area contributed by atoms with E-state index >= 15 is 0 Å². The molecule has 6 heteroatoms. The van der Waals surface area contributed by atoms with Crippen LogP contribution in [0.3, 0.4) is 0 Å². The molecule has 0 saturated heterocycles. The summed E-state index contributed by atoms with van der Waals surface area (Å²) in [5.74, 6) is 1.67. The second-order valence-corrected chi connectivity index (χ2v) is 4.24. The molecular formula is C13H16N4OS. The van der Waals surface area contributed by atoms with Crippen molar-refractivity contribution in [3.8, 4) is 5.75 Å². The molecular weight excluding hydrogens is 260 g/mol. The Morgan fingerprint density at radius 1 is 1.37 bits per heavy atom. The smallest absolute Gasteiger partial charge is 0.216 e. The summed E-state index contributed by atoms with van der Waals surface area (Å²) in [7, 11) is 0. The molecule has 100 valence electrons. The Morgan fingerprint density at radius 2 is 2.11 bits per heavy atom. The van der Waals surface area contributed by atoms with Crippen LogP contribution in [0.25, 0.3) is 0 Å². The first-order chi connectivity index (χ1) is 9.24. The standard InChI is InChI=1S/C13H16N4OS/c1-3-12-15-16-13(19)17(12)14-9-10-5-7-11(8-6-10)18-4-2/h5-9H,3-4H2,1-2H3,(H,16,19)/b14-9+. The highest BCUT2D eigenvalue weighted by Gasteiger charge is 2.01. The van der Waals surface area contributed by atoms with E-state index in [9.17, 15) is 0 Å². The van der Waals surface area contributed by atoms with Crippen molar-refractivity contribution >= 4 is 18.4 Å². The lowest BCUT2D eigenvalue weighted by Crippen LogP contribution is -1.97. The summed E-state index contributed by atoms with van der Waals surface area (Å²) in [4.78, 5) is 0. The van der Waals surface area contributed by atoms with E-state index in [1.165, 1.54) is 0 Å². The summed E-state index contributed by atoms with van der Waals surface area (Å²) >= 11 is 5.12. The molecule has 2 aromatic rings. The molecule has 0 bridgehead atoms. The number of hydrogen-bond donors (Lipinski definition) is 1. The van der Waals surface area contributed by atoms with Gasteiger partial charge in [0.05, 0.1) is 12.8 Å². The van der Waals surface area contributed by atoms with Crippen LogP contribution in [0.5, 0.6) is 5.75 Å². The molecule has 5 nitrogen and oxygen atoms in total. The second-order valence-electron chi connectivity index (χ2n) is 3.86. The predicted octanol–water partition coefficient (Wildman–Crippen LogP) is 2.78. The van der Waals surface area contributed by atoms with Gasteiger partial charge in [-0.3, -0.25) is 5.10 Å². The van der Waals surface area contributed by atoms with Gasteiger partial charge in [-0.2, -0.15) is 14.9 Å². The molecule has 0 fully saturated rings. The number of benzene rings is 1. The molecule has 0 aliphatic carbocycles. The van der Waals surface area contributed by atoms with Crippen LogP contribution in [-0.2, 0) is 6.42 Å². The van der Waals surface area contributed by atoms with Crippen molar-refractivity contribution < 1.29 is 4.74 Å². The minimum Gasteiger partial charge on any atom is -0.494 e. The Labute approximate surface area is 116 Å². The number of aryl methyl sites for hydroxylation is 1. The molecule has 1 heterocycles. The summed E-state index contributed by atoms with van der Waals surface area (Å²) in [5, 5.41) is 11.2. The highest BCUT2D eigenvalue weighted by Crippen LogP contribution is 2.11. The average molecular weight is 276 g/mol. The molecule has 0 aliphatic heterocycles. The van der Waals surface area contributed by atoms with Crippen molar-refractivity contribution in [3.63, 3.8) is 0 Å². The average Bonchev–Trinajstić information content (AvgIpc) is 2.79. The summed E-state index contributed by atoms with van der Waals surface area (Å²) in [6.45, 7) is 4.63. The SMILES string of the molecule is CCOc1ccc(/C=N/n2c(CC)n[nH]c2=S)cc1. The van der Waals surface area contributed by atoms with E-state index < -0.39 is 0 Å². The minimum atomic E-state index is 0.499. The zero-order chi connectivity index (χ0) is 13.7. The third-order valence-corrected chi connectivity index (χ3v) is 2.81. The number of aromatic amines is 1. The Bertz CT molecular complexity index is 612. The maximum absolute atomic E-state index is 5.39. The molecule has 0 aliphatic rings. The molecule has 0 spiro atoms. The topological polar surface area (TPSA) is 55.2 Å². The number of aromatic nitrogens is 3. The van der Waals surface area contributed by atoms with Gasteiger partial charge in [0.25, 0.3) is 0 Å². The number of nitrogens with one attached hydrogen (secondary N) is 1. The molecule has 19 heavy (non-hydrogen) atoms. The number of nitrogens with zero attached hydrogens (tertiary/aromatic N) is 3. The number of rotatable bonds is 5. The molecule has 0 amide bonds. The van der Waals surface area contributed by atoms with Gasteiger partial charge in [0.1, 0.15) is 5.75 Å². The first kappa shape index (κ1) is 13.5. The highest BCUT2D eigenvalue weighted by atomic mass is 32.1. The van der Waals surface area contributed by atoms with Crippen LogP contribution in [0.2, 0.25) is 0 Å². The molecule has 0 unspecified atom stereocenters. The quantitative estimate of drug-likeness (QED) is 0.675. The monoisotopic (exact) mass is 276 g/mol. The fourth-order valence-corrected chi connectivity index (χ4v) is 1.81. The summed E-state index contributed by atoms with van der Waals surface area (Å²) in [6, 6.07) is 7.73. The van der Waals surface area contributed by atoms with Crippen molar-refractivity contribution in [1.82, 2.24) is 14.9 Å². The molecule has 2 rings (SSSR count). The summed E-state index contributed by atoms with van der Waals surface area (Å²) in [6.07, 6.45) is 2.52. The van der Waals surface area contributed by atoms with Gasteiger partial charge in [0.15, 0.2) is 5.82 Å². The van der Waals surface area contributed by atoms with Gasteiger partial charge in [-0.15, -0.1) is 0 Å². The lowest BCUT2D eigenvalue weighted by Gasteiger charge is -2.02. The fourth-order valence-electron chi connectivity index (χ4n) is 1.61. The van der Waals surface area contributed by atoms with Crippen molar-refractivity contribution in [1.29, 1.82) is 0 Å². The van der Waals surface area contributed by atoms with Crippen LogP contribution < -0.4 is 4.74 Å². The Balaban J connectivity index is 2.18. The van der Waals surface area contributed by atoms with E-state index in [4.69, 9.17) is 17.0 Å². The van der Waals surface area contributed by atoms with Gasteiger partial charge in [0, 0.05) is 6.42 Å². The molecule has 0 saturated carbocycles. The maximum Gasteiger partial charge on any atom is 0.216 e. The Hall–Kier alpha value is -1.95. The van der Waals surface area contributed by atoms with Gasteiger partial charge in [-0.1, -0.05) is 6.92 Å². The fraction of sp³-hybridized carbons (Fsp3) is 0.308. The van der Waals surface area contributed by atoms with Gasteiger partial charge in [-0.25, -0.2) is 0 Å². The van der Waals surface area contributed by atoms with E-state index in [1.54, 1.807) is 10.9 Å². The zero-order valence-electron chi connectivity index (χ0n) is 11.0. The second kappa shape index (κ2) is 6.29. The van der Waals surface area contributed by atoms with Gasteiger partial charge < -0.3 is 4.74 Å². The van der Waals surface area contributed by atoms with Crippen LogP contribution in [0, 0.1) is 4.77 Å². The molecule has 1 N–H and O–H groups in total. The van der Waals surface area contributed by atoms with Crippen LogP contribution in [-0.4, -0.2) is 27.7 Å². The number of hydrogen-bond acceptors (Lipinski definition) is 4. The minimum absolute atomic E-state index is 0.499. The van der Waals surface area contributed by atoms with Gasteiger partial charge in [0.2, 0.25) is 4.77 Å². The molecule has 1 aromatic carbocycles. The first-order valence-corrected chi connectivity index (χ1v) is 6.59. The Kier molecular flexibility index (Phi) is 4.46. The predicted molar refractivity (Wildman–Crippen MR) is 77.4 cm³/mol. The largest absolute Gasteiger partial charge is 0.494 e. The van der Waals surface area contributed by atoms with Crippen molar-refractivity contribution in [2.24, 2.45) is 5.10 Å². The van der Waals surface area contributed by atoms with Crippen LogP contribution in [0.15, 0.2) is 29.4 Å². The van der Waals surface area contributed by atoms with Crippen molar-refractivity contribution in [2.45, 2.75) is 20.3 Å². The van der Waals surface area contributed by atoms with E-state index in [2.05, 4.69) is 15.3 Å². The lowest BCUT2D eigenvalue weighted by molar-refractivity contribution is 0.340. The Morgan fingerprint density at radius 3 is 2.74 bits per heavy atom. The van der Waals surface area contributed by atoms with Crippen molar-refractivity contribution in [3.05, 3.63) is 40.4 Å². The van der Waals surface area contributed by atoms with E-state index in [1.807, 2.05) is 38.1 Å². The van der Waals surface area contributed by atoms with Crippen LogP contribution >= 0.6 is 12.2 Å². The van der Waals surface area contributed by atoms with Crippen molar-refractivity contribution in [2.75, 3.05) is 6.61 Å². The number of H-pyrrole nitrogens is 1. The van der Waals surface area contributed by atoms with E-state index in [0.29, 0.717) is 11.4 Å². The maximum atomic E-state index is 5.39. The highest BCUT2D eigenvalue weighted by molar-refractivity contribution is 7.71. The van der Waals surface area contributed by atoms with E-state index in [0.717, 1.165) is 23.6 Å². The summed E-state index contributed by atoms with van der Waals surface area (Å²) < 4.78 is 7.52. The summed E-state index contributed by atoms with van der Waals surface area (Å²) in [5.41, 5.74) is 0.980.